The van der Waals surface area contributed by atoms with Crippen LogP contribution in [0.5, 0.6) is 0 Å². The van der Waals surface area contributed by atoms with E-state index in [9.17, 15) is 50.4 Å². The summed E-state index contributed by atoms with van der Waals surface area (Å²) in [6.45, 7) is 1.21. The zero-order chi connectivity index (χ0) is 46.4. The molecule has 1 unspecified atom stereocenters. The quantitative estimate of drug-likeness (QED) is 0.0145. The molecule has 0 spiro atoms. The van der Waals surface area contributed by atoms with Gasteiger partial charge in [0, 0.05) is 12.8 Å². The number of ether oxygens (including phenoxy) is 5. The second kappa shape index (κ2) is 32.6. The number of aliphatic hydroxyl groups is 8. The molecule has 2 fully saturated rings. The third kappa shape index (κ3) is 19.4. The first-order valence-electron chi connectivity index (χ1n) is 24.5. The van der Waals surface area contributed by atoms with Crippen molar-refractivity contribution in [2.75, 3.05) is 19.8 Å². The third-order valence-electron chi connectivity index (χ3n) is 12.0. The summed E-state index contributed by atoms with van der Waals surface area (Å²) in [5.41, 5.74) is 0. The maximum atomic E-state index is 13.6. The summed E-state index contributed by atoms with van der Waals surface area (Å²) in [4.78, 5) is 26.9. The average molecular weight is 903 g/mol. The van der Waals surface area contributed by atoms with Gasteiger partial charge in [0.25, 0.3) is 0 Å². The van der Waals surface area contributed by atoms with E-state index < -0.39 is 85.9 Å². The van der Waals surface area contributed by atoms with Crippen molar-refractivity contribution in [1.29, 1.82) is 0 Å². The molecule has 0 radical (unpaired) electrons. The second-order valence-electron chi connectivity index (χ2n) is 17.5. The standard InChI is InChI=1S/C48H86O15/c1-3-5-7-9-11-13-15-17-19-21-23-25-27-29-31-33-40(52)61-47(58)45(57)43(55)39(36-50)60-48(47,63-46(37-51)44(56)42(54)38(35-49)59-46)62-41(53)34-32-30-28-26-24-22-20-18-16-14-12-10-8-6-4-2/h17-20,38-39,42-45,49-51,54-58H,3-16,21-37H2,1-2H3/b19-17+,20-18+/t38-,39-,42-,43-,44+,45+,46?,47+,48+/m1/s1. The van der Waals surface area contributed by atoms with E-state index in [-0.39, 0.29) is 12.8 Å². The number of rotatable bonds is 37. The number of allylic oxidation sites excluding steroid dienone is 4. The fourth-order valence-corrected chi connectivity index (χ4v) is 8.04. The van der Waals surface area contributed by atoms with E-state index in [1.165, 1.54) is 77.0 Å². The highest BCUT2D eigenvalue weighted by Crippen LogP contribution is 2.47. The molecule has 63 heavy (non-hydrogen) atoms. The fourth-order valence-electron chi connectivity index (χ4n) is 8.04. The lowest BCUT2D eigenvalue weighted by Crippen LogP contribution is -2.78. The largest absolute Gasteiger partial charge is 0.420 e. The van der Waals surface area contributed by atoms with Crippen LogP contribution >= 0.6 is 0 Å². The Morgan fingerprint density at radius 3 is 1.27 bits per heavy atom. The zero-order valence-electron chi connectivity index (χ0n) is 38.6. The lowest BCUT2D eigenvalue weighted by Gasteiger charge is -2.53. The summed E-state index contributed by atoms with van der Waals surface area (Å²) in [6.07, 6.45) is 22.7. The molecule has 15 heteroatoms. The van der Waals surface area contributed by atoms with Gasteiger partial charge < -0.3 is 59.8 Å². The van der Waals surface area contributed by atoms with Crippen molar-refractivity contribution < 1.29 is 74.1 Å². The minimum absolute atomic E-state index is 0.277. The number of carbonyl (C=O) groups excluding carboxylic acids is 2. The molecular weight excluding hydrogens is 817 g/mol. The molecule has 0 saturated carbocycles. The molecule has 368 valence electrons. The van der Waals surface area contributed by atoms with Crippen molar-refractivity contribution in [2.24, 2.45) is 0 Å². The van der Waals surface area contributed by atoms with Crippen LogP contribution in [-0.4, -0.2) is 127 Å². The van der Waals surface area contributed by atoms with E-state index in [0.717, 1.165) is 64.2 Å². The number of aliphatic hydroxyl groups excluding tert-OH is 7. The molecular formula is C48H86O15. The first-order valence-corrected chi connectivity index (χ1v) is 24.5. The van der Waals surface area contributed by atoms with Crippen LogP contribution in [0.2, 0.25) is 0 Å². The molecule has 0 aromatic rings. The molecule has 9 atom stereocenters. The van der Waals surface area contributed by atoms with Gasteiger partial charge in [-0.3, -0.25) is 14.3 Å². The predicted molar refractivity (Wildman–Crippen MR) is 238 cm³/mol. The number of carbonyl (C=O) groups is 2. The highest BCUT2D eigenvalue weighted by Gasteiger charge is 2.75. The van der Waals surface area contributed by atoms with E-state index in [2.05, 4.69) is 38.2 Å². The first kappa shape index (κ1) is 57.1. The van der Waals surface area contributed by atoms with Crippen molar-refractivity contribution in [3.8, 4) is 0 Å². The fraction of sp³-hybridized carbons (Fsp3) is 0.875. The van der Waals surface area contributed by atoms with Crippen LogP contribution < -0.4 is 0 Å². The molecule has 2 heterocycles. The van der Waals surface area contributed by atoms with Crippen LogP contribution in [0.3, 0.4) is 0 Å². The SMILES string of the molecule is CCCCCCCC/C=C/CCCCCCCC(=O)O[C@@]1(OC2(CO)O[C@H](CO)[C@@H](O)[C@@H]2O)O[C@H](CO)[C@@H](O)[C@H](O)[C@]1(O)OC(=O)CCCCCCC/C=C/CCCCCCCC. The molecule has 0 aromatic heterocycles. The molecule has 0 bridgehead atoms. The van der Waals surface area contributed by atoms with Crippen LogP contribution in [-0.2, 0) is 33.3 Å². The van der Waals surface area contributed by atoms with E-state index in [0.29, 0.717) is 25.7 Å². The van der Waals surface area contributed by atoms with Gasteiger partial charge in [0.2, 0.25) is 5.79 Å². The number of hydrogen-bond acceptors (Lipinski definition) is 15. The van der Waals surface area contributed by atoms with E-state index >= 15 is 0 Å². The molecule has 0 aliphatic carbocycles. The Morgan fingerprint density at radius 1 is 0.508 bits per heavy atom. The van der Waals surface area contributed by atoms with Gasteiger partial charge in [-0.15, -0.1) is 0 Å². The Morgan fingerprint density at radius 2 is 0.873 bits per heavy atom. The highest BCUT2D eigenvalue weighted by molar-refractivity contribution is 5.71. The van der Waals surface area contributed by atoms with Crippen molar-refractivity contribution in [1.82, 2.24) is 0 Å². The van der Waals surface area contributed by atoms with Crippen LogP contribution in [0.15, 0.2) is 24.3 Å². The molecule has 2 saturated heterocycles. The minimum atomic E-state index is -3.58. The van der Waals surface area contributed by atoms with Crippen LogP contribution in [0, 0.1) is 0 Å². The lowest BCUT2D eigenvalue weighted by molar-refractivity contribution is -0.554. The number of esters is 2. The molecule has 0 aromatic carbocycles. The normalized spacial score (nSPS) is 28.7. The van der Waals surface area contributed by atoms with Gasteiger partial charge in [0.1, 0.15) is 37.1 Å². The number of hydrogen-bond donors (Lipinski definition) is 8. The van der Waals surface area contributed by atoms with E-state index in [4.69, 9.17) is 23.7 Å². The van der Waals surface area contributed by atoms with Gasteiger partial charge in [-0.2, -0.15) is 0 Å². The Kier molecular flexibility index (Phi) is 29.6. The molecule has 2 rings (SSSR count). The highest BCUT2D eigenvalue weighted by atomic mass is 17.0. The summed E-state index contributed by atoms with van der Waals surface area (Å²) in [6, 6.07) is 0. The average Bonchev–Trinajstić information content (AvgIpc) is 3.51. The van der Waals surface area contributed by atoms with E-state index in [1.54, 1.807) is 0 Å². The molecule has 8 N–H and O–H groups in total. The van der Waals surface area contributed by atoms with Gasteiger partial charge in [-0.25, -0.2) is 0 Å². The van der Waals surface area contributed by atoms with Gasteiger partial charge in [0.05, 0.1) is 13.2 Å². The lowest BCUT2D eigenvalue weighted by atomic mass is 9.93. The summed E-state index contributed by atoms with van der Waals surface area (Å²) in [5, 5.41) is 86.4. The Hall–Kier alpha value is -2.02. The predicted octanol–water partition coefficient (Wildman–Crippen LogP) is 6.42. The van der Waals surface area contributed by atoms with Crippen LogP contribution in [0.1, 0.15) is 194 Å². The summed E-state index contributed by atoms with van der Waals surface area (Å²) < 4.78 is 28.0. The third-order valence-corrected chi connectivity index (χ3v) is 12.0. The van der Waals surface area contributed by atoms with Crippen molar-refractivity contribution in [3.63, 3.8) is 0 Å². The Balaban J connectivity index is 2.06. The van der Waals surface area contributed by atoms with Gasteiger partial charge in [-0.05, 0) is 64.2 Å². The molecule has 2 aliphatic rings. The number of unbranched alkanes of at least 4 members (excludes halogenated alkanes) is 22. The van der Waals surface area contributed by atoms with Gasteiger partial charge in [0.15, 0.2) is 6.10 Å². The zero-order valence-corrected chi connectivity index (χ0v) is 38.6. The van der Waals surface area contributed by atoms with E-state index in [1.807, 2.05) is 0 Å². The smallest absolute Gasteiger partial charge is 0.405 e. The first-order chi connectivity index (χ1) is 30.4. The summed E-state index contributed by atoms with van der Waals surface area (Å²) >= 11 is 0. The molecule has 15 nitrogen and oxygen atoms in total. The summed E-state index contributed by atoms with van der Waals surface area (Å²) in [7, 11) is 0. The molecule has 0 amide bonds. The summed E-state index contributed by atoms with van der Waals surface area (Å²) in [5.74, 6) is -12.1. The Bertz CT molecular complexity index is 1270. The van der Waals surface area contributed by atoms with Crippen molar-refractivity contribution >= 4 is 11.9 Å². The van der Waals surface area contributed by atoms with Crippen molar-refractivity contribution in [3.05, 3.63) is 24.3 Å². The van der Waals surface area contributed by atoms with Gasteiger partial charge >= 0.3 is 23.7 Å². The maximum absolute atomic E-state index is 13.6. The Labute approximate surface area is 377 Å². The topological polar surface area (TPSA) is 242 Å². The maximum Gasteiger partial charge on any atom is 0.405 e. The second-order valence-corrected chi connectivity index (χ2v) is 17.5. The van der Waals surface area contributed by atoms with Crippen LogP contribution in [0.4, 0.5) is 0 Å². The van der Waals surface area contributed by atoms with Gasteiger partial charge in [-0.1, -0.05) is 141 Å². The monoisotopic (exact) mass is 903 g/mol. The van der Waals surface area contributed by atoms with Crippen molar-refractivity contribution in [2.45, 2.75) is 248 Å². The minimum Gasteiger partial charge on any atom is -0.420 e. The molecule has 2 aliphatic heterocycles. The van der Waals surface area contributed by atoms with Crippen LogP contribution in [0.25, 0.3) is 0 Å².